The molecule has 5 nitrogen and oxygen atoms in total. The molecule has 2 amide bonds. The maximum atomic E-state index is 12.7. The number of H-pyrrole nitrogens is 1. The van der Waals surface area contributed by atoms with E-state index >= 15 is 0 Å². The summed E-state index contributed by atoms with van der Waals surface area (Å²) < 4.78 is 0. The number of piperazine rings is 1. The van der Waals surface area contributed by atoms with E-state index in [-0.39, 0.29) is 11.8 Å². The molecule has 1 aromatic heterocycles. The van der Waals surface area contributed by atoms with Gasteiger partial charge in [-0.05, 0) is 50.4 Å². The predicted molar refractivity (Wildman–Crippen MR) is 100 cm³/mol. The summed E-state index contributed by atoms with van der Waals surface area (Å²) in [6.07, 6.45) is 2.01. The summed E-state index contributed by atoms with van der Waals surface area (Å²) in [5.74, 6) is 0.0756. The molecule has 1 aliphatic rings. The second-order valence-corrected chi connectivity index (χ2v) is 7.18. The molecule has 1 fully saturated rings. The fourth-order valence-corrected chi connectivity index (χ4v) is 3.55. The zero-order valence-electron chi connectivity index (χ0n) is 14.8. The summed E-state index contributed by atoms with van der Waals surface area (Å²) >= 11 is 1.66. The van der Waals surface area contributed by atoms with Crippen molar-refractivity contribution in [3.05, 3.63) is 52.8 Å². The second-order valence-electron chi connectivity index (χ2n) is 6.30. The summed E-state index contributed by atoms with van der Waals surface area (Å²) in [5, 5.41) is 0. The largest absolute Gasteiger partial charge is 0.362 e. The van der Waals surface area contributed by atoms with E-state index in [0.717, 1.165) is 21.8 Å². The van der Waals surface area contributed by atoms with Crippen LogP contribution in [0, 0.1) is 13.8 Å². The van der Waals surface area contributed by atoms with Crippen molar-refractivity contribution >= 4 is 23.6 Å². The number of hydrogen-bond donors (Lipinski definition) is 1. The molecule has 0 spiro atoms. The number of nitrogens with one attached hydrogen (secondary N) is 1. The Balaban J connectivity index is 1.62. The SMILES string of the molecule is CSc1ccc(C(=O)N2CCN(C(=O)c3cc(C)[nH]c3C)CC2)cc1. The number of rotatable bonds is 3. The smallest absolute Gasteiger partial charge is 0.255 e. The minimum Gasteiger partial charge on any atom is -0.362 e. The maximum Gasteiger partial charge on any atom is 0.255 e. The fourth-order valence-electron chi connectivity index (χ4n) is 3.15. The van der Waals surface area contributed by atoms with Crippen molar-refractivity contribution in [3.8, 4) is 0 Å². The van der Waals surface area contributed by atoms with Crippen molar-refractivity contribution < 1.29 is 9.59 Å². The van der Waals surface area contributed by atoms with E-state index in [1.54, 1.807) is 11.8 Å². The van der Waals surface area contributed by atoms with Crippen LogP contribution in [0.25, 0.3) is 0 Å². The van der Waals surface area contributed by atoms with Gasteiger partial charge in [-0.1, -0.05) is 0 Å². The average Bonchev–Trinajstić information content (AvgIpc) is 2.99. The van der Waals surface area contributed by atoms with E-state index in [9.17, 15) is 9.59 Å². The van der Waals surface area contributed by atoms with Gasteiger partial charge in [-0.15, -0.1) is 11.8 Å². The highest BCUT2D eigenvalue weighted by Gasteiger charge is 2.26. The Hall–Kier alpha value is -2.21. The van der Waals surface area contributed by atoms with Gasteiger partial charge < -0.3 is 14.8 Å². The Morgan fingerprint density at radius 2 is 1.52 bits per heavy atom. The molecule has 132 valence electrons. The Morgan fingerprint density at radius 3 is 2.00 bits per heavy atom. The van der Waals surface area contributed by atoms with E-state index < -0.39 is 0 Å². The van der Waals surface area contributed by atoms with E-state index in [4.69, 9.17) is 0 Å². The van der Waals surface area contributed by atoms with Crippen LogP contribution in [0.2, 0.25) is 0 Å². The molecule has 6 heteroatoms. The fraction of sp³-hybridized carbons (Fsp3) is 0.368. The summed E-state index contributed by atoms with van der Waals surface area (Å²) in [7, 11) is 0. The van der Waals surface area contributed by atoms with E-state index in [1.165, 1.54) is 0 Å². The third-order valence-corrected chi connectivity index (χ3v) is 5.31. The zero-order valence-corrected chi connectivity index (χ0v) is 15.7. The van der Waals surface area contributed by atoms with Crippen LogP contribution in [0.15, 0.2) is 35.2 Å². The van der Waals surface area contributed by atoms with Crippen LogP contribution in [0.5, 0.6) is 0 Å². The van der Waals surface area contributed by atoms with Crippen molar-refractivity contribution in [3.63, 3.8) is 0 Å². The van der Waals surface area contributed by atoms with Gasteiger partial charge in [0.25, 0.3) is 11.8 Å². The predicted octanol–water partition coefficient (Wildman–Crippen LogP) is 2.95. The van der Waals surface area contributed by atoms with Gasteiger partial charge in [0, 0.05) is 48.0 Å². The zero-order chi connectivity index (χ0) is 18.0. The summed E-state index contributed by atoms with van der Waals surface area (Å²) in [6, 6.07) is 9.57. The standard InChI is InChI=1S/C19H23N3O2S/c1-13-12-17(14(2)20-13)19(24)22-10-8-21(9-11-22)18(23)15-4-6-16(25-3)7-5-15/h4-7,12,20H,8-11H2,1-3H3. The molecule has 2 aromatic rings. The van der Waals surface area contributed by atoms with Gasteiger partial charge in [0.1, 0.15) is 0 Å². The normalized spacial score (nSPS) is 14.7. The van der Waals surface area contributed by atoms with Crippen molar-refractivity contribution in [2.45, 2.75) is 18.7 Å². The topological polar surface area (TPSA) is 56.4 Å². The van der Waals surface area contributed by atoms with Gasteiger partial charge in [-0.3, -0.25) is 9.59 Å². The first-order valence-electron chi connectivity index (χ1n) is 8.38. The number of aryl methyl sites for hydroxylation is 2. The molecule has 0 unspecified atom stereocenters. The van der Waals surface area contributed by atoms with Crippen molar-refractivity contribution in [1.29, 1.82) is 0 Å². The van der Waals surface area contributed by atoms with Crippen molar-refractivity contribution in [1.82, 2.24) is 14.8 Å². The van der Waals surface area contributed by atoms with Crippen LogP contribution >= 0.6 is 11.8 Å². The summed E-state index contributed by atoms with van der Waals surface area (Å²) in [4.78, 5) is 33.2. The quantitative estimate of drug-likeness (QED) is 0.859. The molecule has 0 saturated carbocycles. The van der Waals surface area contributed by atoms with Crippen LogP contribution in [0.4, 0.5) is 0 Å². The lowest BCUT2D eigenvalue weighted by Gasteiger charge is -2.34. The molecule has 25 heavy (non-hydrogen) atoms. The minimum atomic E-state index is 0.0356. The number of thioether (sulfide) groups is 1. The number of aromatic amines is 1. The van der Waals surface area contributed by atoms with Gasteiger partial charge in [0.15, 0.2) is 0 Å². The number of amides is 2. The van der Waals surface area contributed by atoms with E-state index in [2.05, 4.69) is 4.98 Å². The van der Waals surface area contributed by atoms with Gasteiger partial charge >= 0.3 is 0 Å². The molecule has 0 bridgehead atoms. The summed E-state index contributed by atoms with van der Waals surface area (Å²) in [6.45, 7) is 6.13. The molecule has 0 aliphatic carbocycles. The lowest BCUT2D eigenvalue weighted by atomic mass is 10.1. The Labute approximate surface area is 152 Å². The molecule has 1 aliphatic heterocycles. The molecule has 1 saturated heterocycles. The van der Waals surface area contributed by atoms with Crippen LogP contribution < -0.4 is 0 Å². The first-order valence-corrected chi connectivity index (χ1v) is 9.61. The van der Waals surface area contributed by atoms with Crippen molar-refractivity contribution in [2.24, 2.45) is 0 Å². The maximum absolute atomic E-state index is 12.7. The molecular weight excluding hydrogens is 334 g/mol. The third kappa shape index (κ3) is 3.74. The molecule has 0 radical (unpaired) electrons. The first-order chi connectivity index (χ1) is 12.0. The van der Waals surface area contributed by atoms with Gasteiger partial charge in [-0.2, -0.15) is 0 Å². The number of benzene rings is 1. The summed E-state index contributed by atoms with van der Waals surface area (Å²) in [5.41, 5.74) is 3.32. The molecule has 1 N–H and O–H groups in total. The number of nitrogens with zero attached hydrogens (tertiary/aromatic N) is 2. The van der Waals surface area contributed by atoms with E-state index in [1.807, 2.05) is 60.2 Å². The van der Waals surface area contributed by atoms with Crippen LogP contribution in [0.1, 0.15) is 32.1 Å². The Bertz CT molecular complexity index is 774. The molecule has 0 atom stereocenters. The van der Waals surface area contributed by atoms with Crippen LogP contribution in [0.3, 0.4) is 0 Å². The highest BCUT2D eigenvalue weighted by Crippen LogP contribution is 2.18. The molecule has 1 aromatic carbocycles. The monoisotopic (exact) mass is 357 g/mol. The number of carbonyl (C=O) groups excluding carboxylic acids is 2. The molecular formula is C19H23N3O2S. The highest BCUT2D eigenvalue weighted by molar-refractivity contribution is 7.98. The molecule has 3 rings (SSSR count). The lowest BCUT2D eigenvalue weighted by Crippen LogP contribution is -2.50. The minimum absolute atomic E-state index is 0.0356. The van der Waals surface area contributed by atoms with Gasteiger partial charge in [0.2, 0.25) is 0 Å². The van der Waals surface area contributed by atoms with Crippen LogP contribution in [-0.2, 0) is 0 Å². The highest BCUT2D eigenvalue weighted by atomic mass is 32.2. The Morgan fingerprint density at radius 1 is 0.960 bits per heavy atom. The lowest BCUT2D eigenvalue weighted by molar-refractivity contribution is 0.0535. The van der Waals surface area contributed by atoms with Crippen molar-refractivity contribution in [2.75, 3.05) is 32.4 Å². The number of hydrogen-bond acceptors (Lipinski definition) is 3. The second kappa shape index (κ2) is 7.35. The Kier molecular flexibility index (Phi) is 5.18. The van der Waals surface area contributed by atoms with Gasteiger partial charge in [-0.25, -0.2) is 0 Å². The third-order valence-electron chi connectivity index (χ3n) is 4.57. The van der Waals surface area contributed by atoms with Crippen LogP contribution in [-0.4, -0.2) is 59.0 Å². The molecule has 2 heterocycles. The average molecular weight is 357 g/mol. The first kappa shape index (κ1) is 17.6. The number of aromatic nitrogens is 1. The van der Waals surface area contributed by atoms with E-state index in [0.29, 0.717) is 31.7 Å². The van der Waals surface area contributed by atoms with Gasteiger partial charge in [0.05, 0.1) is 5.56 Å². The number of carbonyl (C=O) groups is 2.